The number of carboxylic acids is 1. The maximum Gasteiger partial charge on any atom is 0.305 e. The summed E-state index contributed by atoms with van der Waals surface area (Å²) < 4.78 is 5.06. The highest BCUT2D eigenvalue weighted by molar-refractivity contribution is 5.91. The number of carboxylic acid groups (broad SMARTS) is 1. The van der Waals surface area contributed by atoms with Crippen LogP contribution in [0.1, 0.15) is 22.7 Å². The molecular weight excluding hydrogens is 260 g/mol. The SMILES string of the molecule is O=C(O)CCN(Cc1ccccn1)C(=O)c1ccco1. The molecule has 20 heavy (non-hydrogen) atoms. The Morgan fingerprint density at radius 3 is 2.70 bits per heavy atom. The van der Waals surface area contributed by atoms with Crippen molar-refractivity contribution in [2.24, 2.45) is 0 Å². The fourth-order valence-corrected chi connectivity index (χ4v) is 1.73. The number of hydrogen-bond acceptors (Lipinski definition) is 4. The van der Waals surface area contributed by atoms with Gasteiger partial charge in [-0.1, -0.05) is 6.07 Å². The van der Waals surface area contributed by atoms with E-state index < -0.39 is 5.97 Å². The highest BCUT2D eigenvalue weighted by Gasteiger charge is 2.19. The summed E-state index contributed by atoms with van der Waals surface area (Å²) in [4.78, 5) is 28.5. The lowest BCUT2D eigenvalue weighted by Gasteiger charge is -2.20. The number of aliphatic carboxylic acids is 1. The molecule has 0 aliphatic heterocycles. The fraction of sp³-hybridized carbons (Fsp3) is 0.214. The lowest BCUT2D eigenvalue weighted by molar-refractivity contribution is -0.137. The first kappa shape index (κ1) is 13.8. The Morgan fingerprint density at radius 1 is 1.25 bits per heavy atom. The minimum absolute atomic E-state index is 0.103. The molecule has 0 bridgehead atoms. The number of hydrogen-bond donors (Lipinski definition) is 1. The summed E-state index contributed by atoms with van der Waals surface area (Å²) in [5, 5.41) is 8.76. The topological polar surface area (TPSA) is 83.6 Å². The molecule has 6 nitrogen and oxygen atoms in total. The second-order valence-corrected chi connectivity index (χ2v) is 4.17. The van der Waals surface area contributed by atoms with Crippen molar-refractivity contribution in [1.82, 2.24) is 9.88 Å². The number of carbonyl (C=O) groups is 2. The Bertz CT molecular complexity index is 566. The molecule has 0 aliphatic rings. The summed E-state index contributed by atoms with van der Waals surface area (Å²) in [5.41, 5.74) is 0.692. The average molecular weight is 274 g/mol. The molecule has 0 saturated heterocycles. The number of pyridine rings is 1. The fourth-order valence-electron chi connectivity index (χ4n) is 1.73. The molecular formula is C14H14N2O4. The molecule has 0 aromatic carbocycles. The van der Waals surface area contributed by atoms with E-state index in [1.165, 1.54) is 11.2 Å². The van der Waals surface area contributed by atoms with Gasteiger partial charge < -0.3 is 14.4 Å². The Kier molecular flexibility index (Phi) is 4.49. The van der Waals surface area contributed by atoms with Crippen molar-refractivity contribution in [2.75, 3.05) is 6.54 Å². The van der Waals surface area contributed by atoms with Crippen LogP contribution in [0.2, 0.25) is 0 Å². The van der Waals surface area contributed by atoms with Gasteiger partial charge >= 0.3 is 5.97 Å². The van der Waals surface area contributed by atoms with Crippen LogP contribution < -0.4 is 0 Å². The lowest BCUT2D eigenvalue weighted by atomic mass is 10.2. The summed E-state index contributed by atoms with van der Waals surface area (Å²) in [6.07, 6.45) is 2.91. The summed E-state index contributed by atoms with van der Waals surface area (Å²) >= 11 is 0. The van der Waals surface area contributed by atoms with Crippen LogP contribution in [0, 0.1) is 0 Å². The normalized spacial score (nSPS) is 10.2. The zero-order valence-corrected chi connectivity index (χ0v) is 10.7. The number of carbonyl (C=O) groups excluding carboxylic acids is 1. The van der Waals surface area contributed by atoms with Gasteiger partial charge in [-0.25, -0.2) is 0 Å². The van der Waals surface area contributed by atoms with E-state index in [0.29, 0.717) is 5.69 Å². The molecule has 0 saturated carbocycles. The van der Waals surface area contributed by atoms with E-state index in [4.69, 9.17) is 9.52 Å². The Hall–Kier alpha value is -2.63. The molecule has 104 valence electrons. The molecule has 1 N–H and O–H groups in total. The van der Waals surface area contributed by atoms with Crippen LogP contribution in [0.3, 0.4) is 0 Å². The quantitative estimate of drug-likeness (QED) is 0.868. The first-order valence-corrected chi connectivity index (χ1v) is 6.11. The van der Waals surface area contributed by atoms with Crippen LogP contribution in [0.15, 0.2) is 47.2 Å². The first-order chi connectivity index (χ1) is 9.66. The molecule has 0 atom stereocenters. The van der Waals surface area contributed by atoms with Crippen molar-refractivity contribution in [2.45, 2.75) is 13.0 Å². The van der Waals surface area contributed by atoms with Crippen LogP contribution in [-0.4, -0.2) is 33.4 Å². The Balaban J connectivity index is 2.12. The second kappa shape index (κ2) is 6.51. The van der Waals surface area contributed by atoms with E-state index in [-0.39, 0.29) is 31.2 Å². The van der Waals surface area contributed by atoms with E-state index in [9.17, 15) is 9.59 Å². The number of furan rings is 1. The van der Waals surface area contributed by atoms with Crippen LogP contribution in [0.25, 0.3) is 0 Å². The van der Waals surface area contributed by atoms with Crippen LogP contribution in [0.4, 0.5) is 0 Å². The van der Waals surface area contributed by atoms with E-state index in [2.05, 4.69) is 4.98 Å². The van der Waals surface area contributed by atoms with Gasteiger partial charge in [-0.3, -0.25) is 14.6 Å². The highest BCUT2D eigenvalue weighted by atomic mass is 16.4. The third-order valence-corrected chi connectivity index (χ3v) is 2.69. The molecule has 0 aliphatic carbocycles. The zero-order valence-electron chi connectivity index (χ0n) is 10.7. The first-order valence-electron chi connectivity index (χ1n) is 6.11. The van der Waals surface area contributed by atoms with Crippen molar-refractivity contribution < 1.29 is 19.1 Å². The molecule has 0 fully saturated rings. The largest absolute Gasteiger partial charge is 0.481 e. The number of amides is 1. The number of rotatable bonds is 6. The molecule has 1 amide bonds. The molecule has 0 unspecified atom stereocenters. The van der Waals surface area contributed by atoms with Gasteiger partial charge in [-0.05, 0) is 24.3 Å². The third-order valence-electron chi connectivity index (χ3n) is 2.69. The minimum atomic E-state index is -0.955. The zero-order chi connectivity index (χ0) is 14.4. The van der Waals surface area contributed by atoms with Gasteiger partial charge in [-0.2, -0.15) is 0 Å². The van der Waals surface area contributed by atoms with Gasteiger partial charge in [0.25, 0.3) is 5.91 Å². The van der Waals surface area contributed by atoms with Gasteiger partial charge in [0.1, 0.15) is 0 Å². The van der Waals surface area contributed by atoms with Gasteiger partial charge in [0.15, 0.2) is 5.76 Å². The van der Waals surface area contributed by atoms with Gasteiger partial charge in [0.2, 0.25) is 0 Å². The second-order valence-electron chi connectivity index (χ2n) is 4.17. The maximum absolute atomic E-state index is 12.2. The smallest absolute Gasteiger partial charge is 0.305 e. The van der Waals surface area contributed by atoms with Crippen LogP contribution in [-0.2, 0) is 11.3 Å². The van der Waals surface area contributed by atoms with E-state index in [1.807, 2.05) is 6.07 Å². The summed E-state index contributed by atoms with van der Waals surface area (Å²) in [7, 11) is 0. The van der Waals surface area contributed by atoms with E-state index in [0.717, 1.165) is 0 Å². The Morgan fingerprint density at radius 2 is 2.10 bits per heavy atom. The molecule has 0 spiro atoms. The van der Waals surface area contributed by atoms with Gasteiger partial charge in [0, 0.05) is 12.7 Å². The molecule has 2 aromatic rings. The summed E-state index contributed by atoms with van der Waals surface area (Å²) in [6.45, 7) is 0.346. The van der Waals surface area contributed by atoms with Gasteiger partial charge in [0.05, 0.1) is 24.9 Å². The number of aromatic nitrogens is 1. The van der Waals surface area contributed by atoms with E-state index in [1.54, 1.807) is 30.5 Å². The predicted molar refractivity (Wildman–Crippen MR) is 69.9 cm³/mol. The summed E-state index contributed by atoms with van der Waals surface area (Å²) in [6, 6.07) is 8.54. The standard InChI is InChI=1S/C14H14N2O4/c17-13(18)6-8-16(10-11-4-1-2-7-15-11)14(19)12-5-3-9-20-12/h1-5,7,9H,6,8,10H2,(H,17,18). The molecule has 6 heteroatoms. The average Bonchev–Trinajstić information content (AvgIpc) is 2.97. The summed E-state index contributed by atoms with van der Waals surface area (Å²) in [5.74, 6) is -1.11. The number of nitrogens with zero attached hydrogens (tertiary/aromatic N) is 2. The molecule has 0 radical (unpaired) electrons. The highest BCUT2D eigenvalue weighted by Crippen LogP contribution is 2.10. The van der Waals surface area contributed by atoms with Crippen molar-refractivity contribution in [3.63, 3.8) is 0 Å². The van der Waals surface area contributed by atoms with Crippen molar-refractivity contribution in [3.05, 3.63) is 54.2 Å². The van der Waals surface area contributed by atoms with Crippen molar-refractivity contribution in [1.29, 1.82) is 0 Å². The molecule has 2 aromatic heterocycles. The molecule has 2 heterocycles. The van der Waals surface area contributed by atoms with Crippen molar-refractivity contribution >= 4 is 11.9 Å². The maximum atomic E-state index is 12.2. The minimum Gasteiger partial charge on any atom is -0.481 e. The monoisotopic (exact) mass is 274 g/mol. The van der Waals surface area contributed by atoms with E-state index >= 15 is 0 Å². The third kappa shape index (κ3) is 3.68. The Labute approximate surface area is 115 Å². The predicted octanol–water partition coefficient (Wildman–Crippen LogP) is 1.79. The van der Waals surface area contributed by atoms with Gasteiger partial charge in [-0.15, -0.1) is 0 Å². The van der Waals surface area contributed by atoms with Crippen molar-refractivity contribution in [3.8, 4) is 0 Å². The lowest BCUT2D eigenvalue weighted by Crippen LogP contribution is -2.32. The van der Waals surface area contributed by atoms with Crippen LogP contribution in [0.5, 0.6) is 0 Å². The van der Waals surface area contributed by atoms with Crippen LogP contribution >= 0.6 is 0 Å². The molecule has 2 rings (SSSR count).